The second-order valence-corrected chi connectivity index (χ2v) is 8.44. The Kier molecular flexibility index (Phi) is 6.91. The monoisotopic (exact) mass is 470 g/mol. The molecule has 2 aromatic heterocycles. The van der Waals surface area contributed by atoms with Gasteiger partial charge in [-0.2, -0.15) is 9.78 Å². The van der Waals surface area contributed by atoms with Crippen LogP contribution >= 0.6 is 23.1 Å². The lowest BCUT2D eigenvalue weighted by Crippen LogP contribution is -2.21. The summed E-state index contributed by atoms with van der Waals surface area (Å²) in [5, 5.41) is 15.9. The number of thioether (sulfide) groups is 1. The number of carbonyl (C=O) groups is 1. The van der Waals surface area contributed by atoms with Crippen LogP contribution in [-0.2, 0) is 9.53 Å². The van der Waals surface area contributed by atoms with Crippen LogP contribution in [0.2, 0.25) is 0 Å². The molecule has 8 nitrogen and oxygen atoms in total. The highest BCUT2D eigenvalue weighted by Crippen LogP contribution is 2.32. The Hall–Kier alpha value is -3.11. The maximum atomic E-state index is 12.9. The molecule has 0 atom stereocenters. The smallest absolute Gasteiger partial charge is 0.340 e. The Morgan fingerprint density at radius 2 is 2.06 bits per heavy atom. The molecule has 0 aliphatic carbocycles. The van der Waals surface area contributed by atoms with E-state index in [4.69, 9.17) is 19.3 Å². The fourth-order valence-electron chi connectivity index (χ4n) is 3.11. The summed E-state index contributed by atoms with van der Waals surface area (Å²) in [5.74, 6) is 1.91. The number of esters is 1. The fourth-order valence-corrected chi connectivity index (χ4v) is 4.63. The van der Waals surface area contributed by atoms with Crippen LogP contribution in [0.1, 0.15) is 19.4 Å². The van der Waals surface area contributed by atoms with E-state index >= 15 is 0 Å². The summed E-state index contributed by atoms with van der Waals surface area (Å²) in [7, 11) is 1.59. The van der Waals surface area contributed by atoms with Crippen LogP contribution in [0.4, 0.5) is 0 Å². The highest BCUT2D eigenvalue weighted by Gasteiger charge is 2.26. The van der Waals surface area contributed by atoms with Crippen molar-refractivity contribution >= 4 is 40.9 Å². The Morgan fingerprint density at radius 3 is 2.78 bits per heavy atom. The molecule has 1 aromatic carbocycles. The van der Waals surface area contributed by atoms with Gasteiger partial charge >= 0.3 is 5.97 Å². The lowest BCUT2D eigenvalue weighted by atomic mass is 10.1. The molecular formula is C22H22N4O4S2. The van der Waals surface area contributed by atoms with Gasteiger partial charge in [-0.15, -0.1) is 21.5 Å². The summed E-state index contributed by atoms with van der Waals surface area (Å²) in [6, 6.07) is 9.42. The molecule has 32 heavy (non-hydrogen) atoms. The van der Waals surface area contributed by atoms with Crippen LogP contribution in [0.25, 0.3) is 16.8 Å². The molecule has 1 aliphatic rings. The Labute approximate surface area is 193 Å². The molecule has 1 aliphatic heterocycles. The molecule has 0 saturated heterocycles. The third-order valence-electron chi connectivity index (χ3n) is 4.52. The number of benzene rings is 1. The van der Waals surface area contributed by atoms with E-state index in [9.17, 15) is 4.79 Å². The van der Waals surface area contributed by atoms with E-state index in [0.29, 0.717) is 46.1 Å². The Morgan fingerprint density at radius 1 is 1.19 bits per heavy atom. The van der Waals surface area contributed by atoms with Crippen LogP contribution in [0.15, 0.2) is 51.5 Å². The number of aromatic nitrogens is 3. The molecule has 0 saturated carbocycles. The number of carbonyl (C=O) groups excluding carboxylic acids is 1. The van der Waals surface area contributed by atoms with Gasteiger partial charge in [0, 0.05) is 5.75 Å². The number of hydrogen-bond acceptors (Lipinski definition) is 9. The predicted molar refractivity (Wildman–Crippen MR) is 126 cm³/mol. The topological polar surface area (TPSA) is 87.8 Å². The zero-order chi connectivity index (χ0) is 22.5. The summed E-state index contributed by atoms with van der Waals surface area (Å²) in [6.07, 6.45) is 1.76. The van der Waals surface area contributed by atoms with E-state index in [-0.39, 0.29) is 6.61 Å². The van der Waals surface area contributed by atoms with Crippen LogP contribution in [0.3, 0.4) is 0 Å². The van der Waals surface area contributed by atoms with Crippen molar-refractivity contribution in [1.29, 1.82) is 0 Å². The molecule has 10 heteroatoms. The first kappa shape index (κ1) is 22.1. The quantitative estimate of drug-likeness (QED) is 0.357. The van der Waals surface area contributed by atoms with Crippen molar-refractivity contribution in [3.63, 3.8) is 0 Å². The van der Waals surface area contributed by atoms with Gasteiger partial charge in [0.05, 0.1) is 36.5 Å². The summed E-state index contributed by atoms with van der Waals surface area (Å²) >= 11 is 3.03. The number of rotatable bonds is 8. The van der Waals surface area contributed by atoms with E-state index in [0.717, 1.165) is 10.4 Å². The fraction of sp³-hybridized carbons (Fsp3) is 0.273. The number of ether oxygens (including phenoxy) is 3. The van der Waals surface area contributed by atoms with Gasteiger partial charge in [-0.3, -0.25) is 0 Å². The SMILES string of the molecule is CCOC(=O)/C(=C\c1ccc(OC)c(OCC)c1)C1=Nn2c(nnc2-c2cccs2)SC1. The van der Waals surface area contributed by atoms with Crippen molar-refractivity contribution in [3.05, 3.63) is 46.8 Å². The van der Waals surface area contributed by atoms with Crippen molar-refractivity contribution in [2.24, 2.45) is 5.10 Å². The minimum atomic E-state index is -0.435. The molecule has 3 aromatic rings. The summed E-state index contributed by atoms with van der Waals surface area (Å²) in [6.45, 7) is 4.45. The maximum Gasteiger partial charge on any atom is 0.340 e. The zero-order valence-electron chi connectivity index (χ0n) is 17.9. The van der Waals surface area contributed by atoms with Crippen molar-refractivity contribution in [2.75, 3.05) is 26.1 Å². The highest BCUT2D eigenvalue weighted by atomic mass is 32.2. The van der Waals surface area contributed by atoms with Gasteiger partial charge in [-0.1, -0.05) is 23.9 Å². The first-order chi connectivity index (χ1) is 15.6. The van der Waals surface area contributed by atoms with Gasteiger partial charge in [-0.25, -0.2) is 4.79 Å². The molecule has 0 N–H and O–H groups in total. The van der Waals surface area contributed by atoms with Crippen LogP contribution < -0.4 is 9.47 Å². The van der Waals surface area contributed by atoms with Gasteiger partial charge < -0.3 is 14.2 Å². The standard InChI is InChI=1S/C22H22N4O4S2/c1-4-29-18-12-14(8-9-17(18)28-3)11-15(21(27)30-5-2)16-13-32-22-24-23-20(26(22)25-16)19-7-6-10-31-19/h6-12H,4-5,13H2,1-3H3/b15-11-. The Bertz CT molecular complexity index is 1170. The van der Waals surface area contributed by atoms with Crippen LogP contribution in [-0.4, -0.2) is 52.6 Å². The van der Waals surface area contributed by atoms with Crippen molar-refractivity contribution < 1.29 is 19.0 Å². The minimum absolute atomic E-state index is 0.266. The van der Waals surface area contributed by atoms with E-state index in [1.54, 1.807) is 36.1 Å². The van der Waals surface area contributed by atoms with Gasteiger partial charge in [0.1, 0.15) is 0 Å². The van der Waals surface area contributed by atoms with Gasteiger partial charge in [0.15, 0.2) is 17.3 Å². The number of fused-ring (bicyclic) bond motifs is 1. The number of thiophene rings is 1. The van der Waals surface area contributed by atoms with E-state index in [1.165, 1.54) is 11.8 Å². The zero-order valence-corrected chi connectivity index (χ0v) is 19.5. The second-order valence-electron chi connectivity index (χ2n) is 6.55. The normalized spacial score (nSPS) is 13.3. The average molecular weight is 471 g/mol. The van der Waals surface area contributed by atoms with E-state index < -0.39 is 5.97 Å². The lowest BCUT2D eigenvalue weighted by Gasteiger charge is -2.16. The third-order valence-corrected chi connectivity index (χ3v) is 6.31. The largest absolute Gasteiger partial charge is 0.493 e. The predicted octanol–water partition coefficient (Wildman–Crippen LogP) is 4.37. The molecule has 0 bridgehead atoms. The summed E-state index contributed by atoms with van der Waals surface area (Å²) < 4.78 is 18.0. The van der Waals surface area contributed by atoms with Crippen molar-refractivity contribution in [2.45, 2.75) is 19.0 Å². The van der Waals surface area contributed by atoms with Crippen molar-refractivity contribution in [1.82, 2.24) is 14.9 Å². The molecule has 0 spiro atoms. The minimum Gasteiger partial charge on any atom is -0.493 e. The number of hydrogen-bond donors (Lipinski definition) is 0. The van der Waals surface area contributed by atoms with Crippen molar-refractivity contribution in [3.8, 4) is 22.2 Å². The second kappa shape index (κ2) is 10.0. The molecule has 3 heterocycles. The lowest BCUT2D eigenvalue weighted by molar-refractivity contribution is -0.137. The van der Waals surface area contributed by atoms with Gasteiger partial charge in [0.25, 0.3) is 0 Å². The first-order valence-corrected chi connectivity index (χ1v) is 11.9. The third kappa shape index (κ3) is 4.56. The van der Waals surface area contributed by atoms with Crippen LogP contribution in [0, 0.1) is 0 Å². The maximum absolute atomic E-state index is 12.9. The summed E-state index contributed by atoms with van der Waals surface area (Å²) in [5.41, 5.74) is 1.74. The highest BCUT2D eigenvalue weighted by molar-refractivity contribution is 7.99. The molecule has 0 radical (unpaired) electrons. The first-order valence-electron chi connectivity index (χ1n) is 10.0. The van der Waals surface area contributed by atoms with Gasteiger partial charge in [-0.05, 0) is 49.1 Å². The molecule has 166 valence electrons. The molecule has 0 fully saturated rings. The van der Waals surface area contributed by atoms with E-state index in [2.05, 4.69) is 10.2 Å². The van der Waals surface area contributed by atoms with E-state index in [1.807, 2.05) is 42.6 Å². The molecule has 0 amide bonds. The molecule has 0 unspecified atom stereocenters. The number of methoxy groups -OCH3 is 1. The summed E-state index contributed by atoms with van der Waals surface area (Å²) in [4.78, 5) is 13.8. The van der Waals surface area contributed by atoms with Gasteiger partial charge in [0.2, 0.25) is 5.16 Å². The molecule has 4 rings (SSSR count). The average Bonchev–Trinajstić information content (AvgIpc) is 3.47. The molecular weight excluding hydrogens is 448 g/mol. The Balaban J connectivity index is 1.77. The number of nitrogens with zero attached hydrogens (tertiary/aromatic N) is 4. The van der Waals surface area contributed by atoms with Crippen LogP contribution in [0.5, 0.6) is 11.5 Å².